The molecule has 0 spiro atoms. The number of benzene rings is 1. The van der Waals surface area contributed by atoms with Crippen molar-refractivity contribution in [2.75, 3.05) is 19.5 Å². The number of carbonyl (C=O) groups is 1. The molecule has 0 N–H and O–H groups in total. The molecule has 0 aliphatic rings. The number of methoxy groups -OCH3 is 1. The smallest absolute Gasteiger partial charge is 0.315 e. The Bertz CT molecular complexity index is 382. The molecule has 0 aromatic heterocycles. The SMILES string of the molecule is CCOC(=O)CSCc1ccc(Br)c(OC)c1. The van der Waals surface area contributed by atoms with Crippen molar-refractivity contribution in [2.24, 2.45) is 0 Å². The summed E-state index contributed by atoms with van der Waals surface area (Å²) in [5.74, 6) is 1.79. The lowest BCUT2D eigenvalue weighted by molar-refractivity contribution is -0.139. The van der Waals surface area contributed by atoms with Crippen LogP contribution in [0.1, 0.15) is 12.5 Å². The topological polar surface area (TPSA) is 35.5 Å². The van der Waals surface area contributed by atoms with Gasteiger partial charge < -0.3 is 9.47 Å². The zero-order valence-corrected chi connectivity index (χ0v) is 12.3. The van der Waals surface area contributed by atoms with Gasteiger partial charge in [-0.15, -0.1) is 11.8 Å². The summed E-state index contributed by atoms with van der Waals surface area (Å²) < 4.78 is 11.0. The van der Waals surface area contributed by atoms with Crippen molar-refractivity contribution in [3.8, 4) is 5.75 Å². The largest absolute Gasteiger partial charge is 0.496 e. The molecule has 0 radical (unpaired) electrons. The van der Waals surface area contributed by atoms with E-state index in [1.807, 2.05) is 25.1 Å². The van der Waals surface area contributed by atoms with Gasteiger partial charge in [-0.05, 0) is 40.5 Å². The van der Waals surface area contributed by atoms with Crippen LogP contribution in [0.25, 0.3) is 0 Å². The van der Waals surface area contributed by atoms with E-state index in [4.69, 9.17) is 9.47 Å². The van der Waals surface area contributed by atoms with E-state index in [-0.39, 0.29) is 5.97 Å². The Balaban J connectivity index is 2.44. The first-order chi connectivity index (χ1) is 8.17. The van der Waals surface area contributed by atoms with E-state index in [0.29, 0.717) is 12.4 Å². The minimum Gasteiger partial charge on any atom is -0.496 e. The molecule has 94 valence electrons. The Hall–Kier alpha value is -0.680. The van der Waals surface area contributed by atoms with E-state index in [1.54, 1.807) is 7.11 Å². The lowest BCUT2D eigenvalue weighted by atomic mass is 10.2. The first-order valence-corrected chi connectivity index (χ1v) is 7.18. The highest BCUT2D eigenvalue weighted by atomic mass is 79.9. The quantitative estimate of drug-likeness (QED) is 0.754. The lowest BCUT2D eigenvalue weighted by Crippen LogP contribution is -2.06. The molecule has 0 aliphatic carbocycles. The summed E-state index contributed by atoms with van der Waals surface area (Å²) in [6.07, 6.45) is 0. The number of carbonyl (C=O) groups excluding carboxylic acids is 1. The maximum Gasteiger partial charge on any atom is 0.315 e. The summed E-state index contributed by atoms with van der Waals surface area (Å²) in [5, 5.41) is 0. The van der Waals surface area contributed by atoms with Crippen LogP contribution >= 0.6 is 27.7 Å². The van der Waals surface area contributed by atoms with Crippen LogP contribution in [0.2, 0.25) is 0 Å². The monoisotopic (exact) mass is 318 g/mol. The first kappa shape index (κ1) is 14.4. The summed E-state index contributed by atoms with van der Waals surface area (Å²) in [5.41, 5.74) is 1.12. The molecule has 0 aliphatic heterocycles. The Kier molecular flexibility index (Phi) is 6.44. The van der Waals surface area contributed by atoms with Gasteiger partial charge in [0.1, 0.15) is 5.75 Å². The number of ether oxygens (including phenoxy) is 2. The fourth-order valence-electron chi connectivity index (χ4n) is 1.25. The van der Waals surface area contributed by atoms with Gasteiger partial charge in [0.2, 0.25) is 0 Å². The summed E-state index contributed by atoms with van der Waals surface area (Å²) >= 11 is 4.93. The van der Waals surface area contributed by atoms with E-state index in [1.165, 1.54) is 11.8 Å². The Morgan fingerprint density at radius 1 is 1.47 bits per heavy atom. The van der Waals surface area contributed by atoms with Crippen LogP contribution < -0.4 is 4.74 Å². The maximum absolute atomic E-state index is 11.1. The van der Waals surface area contributed by atoms with Gasteiger partial charge in [0.25, 0.3) is 0 Å². The highest BCUT2D eigenvalue weighted by Crippen LogP contribution is 2.27. The molecule has 1 rings (SSSR count). The van der Waals surface area contributed by atoms with Crippen LogP contribution in [0.4, 0.5) is 0 Å². The number of hydrogen-bond acceptors (Lipinski definition) is 4. The van der Waals surface area contributed by atoms with Crippen molar-refractivity contribution < 1.29 is 14.3 Å². The van der Waals surface area contributed by atoms with Crippen molar-refractivity contribution in [1.29, 1.82) is 0 Å². The Morgan fingerprint density at radius 3 is 2.88 bits per heavy atom. The Labute approximate surface area is 114 Å². The molecular weight excluding hydrogens is 304 g/mol. The van der Waals surface area contributed by atoms with Crippen molar-refractivity contribution in [1.82, 2.24) is 0 Å². The molecule has 0 fully saturated rings. The molecular formula is C12H15BrO3S. The molecule has 0 heterocycles. The van der Waals surface area contributed by atoms with E-state index in [0.717, 1.165) is 21.5 Å². The van der Waals surface area contributed by atoms with Crippen molar-refractivity contribution >= 4 is 33.7 Å². The van der Waals surface area contributed by atoms with Gasteiger partial charge in [0.15, 0.2) is 0 Å². The second kappa shape index (κ2) is 7.61. The number of rotatable bonds is 6. The van der Waals surface area contributed by atoms with Gasteiger partial charge in [-0.1, -0.05) is 6.07 Å². The van der Waals surface area contributed by atoms with Crippen molar-refractivity contribution in [2.45, 2.75) is 12.7 Å². The molecule has 0 bridgehead atoms. The van der Waals surface area contributed by atoms with Crippen LogP contribution in [0.5, 0.6) is 5.75 Å². The van der Waals surface area contributed by atoms with E-state index in [2.05, 4.69) is 15.9 Å². The molecule has 5 heteroatoms. The zero-order chi connectivity index (χ0) is 12.7. The van der Waals surface area contributed by atoms with Crippen molar-refractivity contribution in [3.63, 3.8) is 0 Å². The number of hydrogen-bond donors (Lipinski definition) is 0. The minimum absolute atomic E-state index is 0.165. The van der Waals surface area contributed by atoms with E-state index in [9.17, 15) is 4.79 Å². The molecule has 1 aromatic carbocycles. The second-order valence-corrected chi connectivity index (χ2v) is 5.11. The average Bonchev–Trinajstić information content (AvgIpc) is 2.31. The third kappa shape index (κ3) is 5.00. The van der Waals surface area contributed by atoms with Gasteiger partial charge in [0, 0.05) is 5.75 Å². The van der Waals surface area contributed by atoms with Gasteiger partial charge in [-0.2, -0.15) is 0 Å². The number of halogens is 1. The minimum atomic E-state index is -0.165. The molecule has 0 saturated carbocycles. The first-order valence-electron chi connectivity index (χ1n) is 5.23. The number of thioether (sulfide) groups is 1. The number of esters is 1. The summed E-state index contributed by atoms with van der Waals surface area (Å²) in [6.45, 7) is 2.24. The van der Waals surface area contributed by atoms with Crippen LogP contribution in [0, 0.1) is 0 Å². The van der Waals surface area contributed by atoms with Crippen LogP contribution in [-0.4, -0.2) is 25.4 Å². The van der Waals surface area contributed by atoms with Crippen LogP contribution in [0.15, 0.2) is 22.7 Å². The fourth-order valence-corrected chi connectivity index (χ4v) is 2.42. The average molecular weight is 319 g/mol. The zero-order valence-electron chi connectivity index (χ0n) is 9.86. The highest BCUT2D eigenvalue weighted by molar-refractivity contribution is 9.10. The van der Waals surface area contributed by atoms with Gasteiger partial charge in [-0.25, -0.2) is 0 Å². The molecule has 3 nitrogen and oxygen atoms in total. The second-order valence-electron chi connectivity index (χ2n) is 3.27. The van der Waals surface area contributed by atoms with Crippen LogP contribution in [-0.2, 0) is 15.3 Å². The van der Waals surface area contributed by atoms with Gasteiger partial charge in [-0.3, -0.25) is 4.79 Å². The van der Waals surface area contributed by atoms with Gasteiger partial charge in [0.05, 0.1) is 23.9 Å². The Morgan fingerprint density at radius 2 is 2.24 bits per heavy atom. The van der Waals surface area contributed by atoms with Crippen molar-refractivity contribution in [3.05, 3.63) is 28.2 Å². The van der Waals surface area contributed by atoms with E-state index >= 15 is 0 Å². The fraction of sp³-hybridized carbons (Fsp3) is 0.417. The standard InChI is InChI=1S/C12H15BrO3S/c1-3-16-12(14)8-17-7-9-4-5-10(13)11(6-9)15-2/h4-6H,3,7-8H2,1-2H3. The summed E-state index contributed by atoms with van der Waals surface area (Å²) in [4.78, 5) is 11.1. The third-order valence-corrected chi connectivity index (χ3v) is 3.64. The lowest BCUT2D eigenvalue weighted by Gasteiger charge is -2.06. The molecule has 17 heavy (non-hydrogen) atoms. The summed E-state index contributed by atoms with van der Waals surface area (Å²) in [7, 11) is 1.63. The molecule has 0 saturated heterocycles. The predicted octanol–water partition coefficient (Wildman–Crippen LogP) is 3.25. The molecule has 0 unspecified atom stereocenters. The van der Waals surface area contributed by atoms with E-state index < -0.39 is 0 Å². The summed E-state index contributed by atoms with van der Waals surface area (Å²) in [6, 6.07) is 5.91. The highest BCUT2D eigenvalue weighted by Gasteiger charge is 2.04. The molecule has 0 amide bonds. The maximum atomic E-state index is 11.1. The predicted molar refractivity (Wildman–Crippen MR) is 73.5 cm³/mol. The third-order valence-electron chi connectivity index (χ3n) is 2.01. The van der Waals surface area contributed by atoms with Gasteiger partial charge >= 0.3 is 5.97 Å². The molecule has 0 atom stereocenters. The van der Waals surface area contributed by atoms with Crippen LogP contribution in [0.3, 0.4) is 0 Å². The normalized spacial score (nSPS) is 10.1. The molecule has 1 aromatic rings.